The van der Waals surface area contributed by atoms with Gasteiger partial charge in [-0.05, 0) is 52.3 Å². The van der Waals surface area contributed by atoms with E-state index in [4.69, 9.17) is 0 Å². The lowest BCUT2D eigenvalue weighted by Gasteiger charge is -2.25. The van der Waals surface area contributed by atoms with Gasteiger partial charge in [-0.3, -0.25) is 9.59 Å². The number of benzene rings is 1. The molecule has 0 aliphatic carbocycles. The summed E-state index contributed by atoms with van der Waals surface area (Å²) in [5.41, 5.74) is 0.438. The predicted molar refractivity (Wildman–Crippen MR) is 111 cm³/mol. The minimum Gasteiger partial charge on any atom is -0.350 e. The molecule has 1 aromatic rings. The minimum absolute atomic E-state index is 0.0847. The molecule has 28 heavy (non-hydrogen) atoms. The van der Waals surface area contributed by atoms with E-state index in [-0.39, 0.29) is 28.8 Å². The second-order valence-corrected chi connectivity index (χ2v) is 9.59. The quantitative estimate of drug-likeness (QED) is 0.712. The number of sulfonamides is 1. The number of hydrogen-bond acceptors (Lipinski definition) is 4. The van der Waals surface area contributed by atoms with Crippen LogP contribution in [0, 0.1) is 6.92 Å². The Bertz CT molecular complexity index is 809. The summed E-state index contributed by atoms with van der Waals surface area (Å²) in [6.07, 6.45) is 0. The van der Waals surface area contributed by atoms with Crippen molar-refractivity contribution in [1.82, 2.24) is 14.5 Å². The Kier molecular flexibility index (Phi) is 8.19. The molecular formula is C20H33N3O4S. The van der Waals surface area contributed by atoms with Crippen LogP contribution in [0.2, 0.25) is 0 Å². The molecule has 8 heteroatoms. The third-order valence-corrected chi connectivity index (χ3v) is 6.47. The van der Waals surface area contributed by atoms with Crippen molar-refractivity contribution in [3.8, 4) is 0 Å². The van der Waals surface area contributed by atoms with Crippen molar-refractivity contribution in [2.75, 3.05) is 26.2 Å². The molecular weight excluding hydrogens is 378 g/mol. The van der Waals surface area contributed by atoms with Crippen LogP contribution in [0.4, 0.5) is 0 Å². The summed E-state index contributed by atoms with van der Waals surface area (Å²) in [6, 6.07) is 4.64. The molecule has 0 aromatic heterocycles. The van der Waals surface area contributed by atoms with Gasteiger partial charge < -0.3 is 10.2 Å². The average molecular weight is 412 g/mol. The Morgan fingerprint density at radius 3 is 2.07 bits per heavy atom. The maximum Gasteiger partial charge on any atom is 0.254 e. The molecule has 7 nitrogen and oxygen atoms in total. The fourth-order valence-electron chi connectivity index (χ4n) is 2.85. The molecule has 0 aliphatic rings. The zero-order valence-corrected chi connectivity index (χ0v) is 18.8. The van der Waals surface area contributed by atoms with Gasteiger partial charge >= 0.3 is 0 Å². The van der Waals surface area contributed by atoms with Crippen molar-refractivity contribution in [3.63, 3.8) is 0 Å². The highest BCUT2D eigenvalue weighted by Crippen LogP contribution is 2.22. The highest BCUT2D eigenvalue weighted by molar-refractivity contribution is 7.89. The maximum atomic E-state index is 12.9. The van der Waals surface area contributed by atoms with Crippen molar-refractivity contribution in [1.29, 1.82) is 0 Å². The molecule has 1 N–H and O–H groups in total. The van der Waals surface area contributed by atoms with Gasteiger partial charge in [-0.2, -0.15) is 4.31 Å². The normalized spacial score (nSPS) is 12.1. The molecule has 0 saturated carbocycles. The first kappa shape index (κ1) is 24.1. The van der Waals surface area contributed by atoms with Gasteiger partial charge in [-0.25, -0.2) is 8.42 Å². The summed E-state index contributed by atoms with van der Waals surface area (Å²) in [6.45, 7) is 13.6. The minimum atomic E-state index is -3.68. The maximum absolute atomic E-state index is 12.9. The second-order valence-electron chi connectivity index (χ2n) is 7.69. The van der Waals surface area contributed by atoms with E-state index in [0.29, 0.717) is 25.2 Å². The van der Waals surface area contributed by atoms with Crippen LogP contribution in [0.1, 0.15) is 57.5 Å². The summed E-state index contributed by atoms with van der Waals surface area (Å²) in [7, 11) is -3.68. The van der Waals surface area contributed by atoms with Gasteiger partial charge in [0.15, 0.2) is 0 Å². The molecule has 0 unspecified atom stereocenters. The van der Waals surface area contributed by atoms with Crippen molar-refractivity contribution in [2.24, 2.45) is 0 Å². The average Bonchev–Trinajstić information content (AvgIpc) is 2.58. The van der Waals surface area contributed by atoms with Gasteiger partial charge in [0, 0.05) is 30.7 Å². The van der Waals surface area contributed by atoms with Gasteiger partial charge in [0.25, 0.3) is 5.91 Å². The van der Waals surface area contributed by atoms with Crippen LogP contribution in [0.3, 0.4) is 0 Å². The molecule has 0 saturated heterocycles. The van der Waals surface area contributed by atoms with E-state index in [0.717, 1.165) is 0 Å². The lowest BCUT2D eigenvalue weighted by Crippen LogP contribution is -2.47. The number of nitrogens with one attached hydrogen (secondary N) is 1. The van der Waals surface area contributed by atoms with E-state index in [1.165, 1.54) is 15.3 Å². The summed E-state index contributed by atoms with van der Waals surface area (Å²) in [5, 5.41) is 2.83. The van der Waals surface area contributed by atoms with Crippen LogP contribution in [-0.2, 0) is 14.8 Å². The summed E-state index contributed by atoms with van der Waals surface area (Å²) in [4.78, 5) is 26.6. The highest BCUT2D eigenvalue weighted by Gasteiger charge is 2.26. The van der Waals surface area contributed by atoms with Gasteiger partial charge in [0.2, 0.25) is 15.9 Å². The molecule has 0 fully saturated rings. The Morgan fingerprint density at radius 1 is 1.04 bits per heavy atom. The van der Waals surface area contributed by atoms with Gasteiger partial charge in [0.1, 0.15) is 0 Å². The zero-order chi connectivity index (χ0) is 21.7. The van der Waals surface area contributed by atoms with Crippen LogP contribution in [0.25, 0.3) is 0 Å². The van der Waals surface area contributed by atoms with Crippen LogP contribution < -0.4 is 5.32 Å². The number of rotatable bonds is 8. The predicted octanol–water partition coefficient (Wildman–Crippen LogP) is 2.40. The van der Waals surface area contributed by atoms with Crippen molar-refractivity contribution in [3.05, 3.63) is 29.3 Å². The summed E-state index contributed by atoms with van der Waals surface area (Å²) < 4.78 is 27.2. The Morgan fingerprint density at radius 2 is 1.61 bits per heavy atom. The van der Waals surface area contributed by atoms with E-state index in [1.54, 1.807) is 39.8 Å². The number of amides is 2. The lowest BCUT2D eigenvalue weighted by atomic mass is 10.1. The van der Waals surface area contributed by atoms with Crippen LogP contribution >= 0.6 is 0 Å². The SMILES string of the molecule is CCN(CC(=O)NC(C)(C)C)C(=O)c1ccc(C)c(S(=O)(=O)N(CC)CC)c1. The largest absolute Gasteiger partial charge is 0.350 e. The third kappa shape index (κ3) is 6.04. The van der Waals surface area contributed by atoms with Crippen molar-refractivity contribution < 1.29 is 18.0 Å². The smallest absolute Gasteiger partial charge is 0.254 e. The van der Waals surface area contributed by atoms with E-state index in [1.807, 2.05) is 20.8 Å². The molecule has 158 valence electrons. The van der Waals surface area contributed by atoms with Gasteiger partial charge in [-0.15, -0.1) is 0 Å². The number of hydrogen-bond donors (Lipinski definition) is 1. The molecule has 1 rings (SSSR count). The van der Waals surface area contributed by atoms with E-state index in [2.05, 4.69) is 5.32 Å². The standard InChI is InChI=1S/C20H33N3O4S/c1-8-22(14-18(24)21-20(5,6)7)19(25)16-12-11-15(4)17(13-16)28(26,27)23(9-2)10-3/h11-13H,8-10,14H2,1-7H3,(H,21,24). The zero-order valence-electron chi connectivity index (χ0n) is 18.0. The highest BCUT2D eigenvalue weighted by atomic mass is 32.2. The Hall–Kier alpha value is -1.93. The molecule has 1 aromatic carbocycles. The first-order valence-corrected chi connectivity index (χ1v) is 11.0. The van der Waals surface area contributed by atoms with Crippen LogP contribution in [0.5, 0.6) is 0 Å². The van der Waals surface area contributed by atoms with E-state index >= 15 is 0 Å². The second kappa shape index (κ2) is 9.52. The fourth-order valence-corrected chi connectivity index (χ4v) is 4.56. The molecule has 0 radical (unpaired) electrons. The monoisotopic (exact) mass is 411 g/mol. The van der Waals surface area contributed by atoms with E-state index < -0.39 is 15.6 Å². The molecule has 0 aliphatic heterocycles. The van der Waals surface area contributed by atoms with Crippen molar-refractivity contribution >= 4 is 21.8 Å². The Labute approximate surface area is 169 Å². The van der Waals surface area contributed by atoms with E-state index in [9.17, 15) is 18.0 Å². The number of nitrogens with zero attached hydrogens (tertiary/aromatic N) is 2. The van der Waals surface area contributed by atoms with Crippen LogP contribution in [0.15, 0.2) is 23.1 Å². The number of carbonyl (C=O) groups is 2. The fraction of sp³-hybridized carbons (Fsp3) is 0.600. The van der Waals surface area contributed by atoms with Gasteiger partial charge in [0.05, 0.1) is 11.4 Å². The lowest BCUT2D eigenvalue weighted by molar-refractivity contribution is -0.123. The molecule has 2 amide bonds. The Balaban J connectivity index is 3.19. The number of carbonyl (C=O) groups excluding carboxylic acids is 2. The summed E-state index contributed by atoms with van der Waals surface area (Å²) in [5.74, 6) is -0.631. The molecule has 0 bridgehead atoms. The third-order valence-electron chi connectivity index (χ3n) is 4.28. The summed E-state index contributed by atoms with van der Waals surface area (Å²) >= 11 is 0. The van der Waals surface area contributed by atoms with Gasteiger partial charge in [-0.1, -0.05) is 19.9 Å². The number of likely N-dealkylation sites (N-methyl/N-ethyl adjacent to an activating group) is 1. The van der Waals surface area contributed by atoms with Crippen LogP contribution in [-0.4, -0.2) is 61.2 Å². The molecule has 0 heterocycles. The number of aryl methyl sites for hydroxylation is 1. The topological polar surface area (TPSA) is 86.8 Å². The first-order chi connectivity index (χ1) is 12.9. The molecule has 0 spiro atoms. The van der Waals surface area contributed by atoms with Crippen molar-refractivity contribution in [2.45, 2.75) is 58.9 Å². The molecule has 0 atom stereocenters. The first-order valence-electron chi connectivity index (χ1n) is 9.58.